The Bertz CT molecular complexity index is 1200. The number of nitrogens with one attached hydrogen (secondary N) is 1. The summed E-state index contributed by atoms with van der Waals surface area (Å²) in [6, 6.07) is 16.9. The molecule has 0 aliphatic carbocycles. The van der Waals surface area contributed by atoms with E-state index in [0.717, 1.165) is 18.8 Å². The van der Waals surface area contributed by atoms with Crippen LogP contribution in [-0.4, -0.2) is 59.1 Å². The topological polar surface area (TPSA) is 94.9 Å². The first-order valence-corrected chi connectivity index (χ1v) is 10.6. The second-order valence-corrected chi connectivity index (χ2v) is 7.81. The smallest absolute Gasteiger partial charge is 0.267 e. The summed E-state index contributed by atoms with van der Waals surface area (Å²) in [7, 11) is 1.56. The van der Waals surface area contributed by atoms with Crippen LogP contribution in [0, 0.1) is 0 Å². The van der Waals surface area contributed by atoms with E-state index in [1.807, 2.05) is 18.2 Å². The van der Waals surface area contributed by atoms with Crippen molar-refractivity contribution in [1.29, 1.82) is 0 Å². The number of carbonyl (C=O) groups is 2. The van der Waals surface area contributed by atoms with E-state index in [4.69, 9.17) is 0 Å². The van der Waals surface area contributed by atoms with Gasteiger partial charge in [-0.15, -0.1) is 0 Å². The molecule has 2 N–H and O–H groups in total. The molecule has 1 fully saturated rings. The summed E-state index contributed by atoms with van der Waals surface area (Å²) >= 11 is 0. The van der Waals surface area contributed by atoms with Crippen LogP contribution in [0.15, 0.2) is 59.4 Å². The lowest BCUT2D eigenvalue weighted by Crippen LogP contribution is -2.49. The number of nitrogens with zero attached hydrogens (tertiary/aromatic N) is 3. The zero-order valence-corrected chi connectivity index (χ0v) is 18.0. The number of aryl methyl sites for hydroxylation is 1. The van der Waals surface area contributed by atoms with E-state index in [1.165, 1.54) is 4.57 Å². The third-order valence-electron chi connectivity index (χ3n) is 5.88. The van der Waals surface area contributed by atoms with Gasteiger partial charge in [0.1, 0.15) is 11.3 Å². The highest BCUT2D eigenvalue weighted by molar-refractivity contribution is 6.02. The van der Waals surface area contributed by atoms with Gasteiger partial charge < -0.3 is 24.8 Å². The first kappa shape index (κ1) is 21.4. The number of anilines is 1. The molecule has 8 heteroatoms. The number of rotatable bonds is 5. The van der Waals surface area contributed by atoms with Crippen LogP contribution in [0.4, 0.5) is 5.69 Å². The highest BCUT2D eigenvalue weighted by Crippen LogP contribution is 2.25. The first-order chi connectivity index (χ1) is 15.5. The van der Waals surface area contributed by atoms with Crippen LogP contribution in [-0.2, 0) is 11.8 Å². The Hall–Kier alpha value is -3.81. The average Bonchev–Trinajstić information content (AvgIpc) is 2.83. The van der Waals surface area contributed by atoms with Crippen LogP contribution in [0.25, 0.3) is 10.9 Å². The minimum Gasteiger partial charge on any atom is -0.506 e. The molecule has 1 aliphatic heterocycles. The largest absolute Gasteiger partial charge is 0.506 e. The van der Waals surface area contributed by atoms with Gasteiger partial charge in [-0.1, -0.05) is 30.3 Å². The number of pyridine rings is 1. The maximum absolute atomic E-state index is 12.6. The van der Waals surface area contributed by atoms with Crippen molar-refractivity contribution in [2.45, 2.75) is 6.42 Å². The molecule has 4 rings (SSSR count). The van der Waals surface area contributed by atoms with E-state index in [1.54, 1.807) is 36.2 Å². The number of carbonyl (C=O) groups excluding carboxylic acids is 2. The first-order valence-electron chi connectivity index (χ1n) is 10.6. The zero-order chi connectivity index (χ0) is 22.7. The van der Waals surface area contributed by atoms with Crippen molar-refractivity contribution in [3.8, 4) is 5.75 Å². The van der Waals surface area contributed by atoms with Gasteiger partial charge in [-0.3, -0.25) is 14.4 Å². The van der Waals surface area contributed by atoms with Gasteiger partial charge in [-0.25, -0.2) is 0 Å². The quantitative estimate of drug-likeness (QED) is 0.638. The van der Waals surface area contributed by atoms with Gasteiger partial charge in [-0.2, -0.15) is 0 Å². The molecule has 0 bridgehead atoms. The number of benzene rings is 2. The Morgan fingerprint density at radius 1 is 0.969 bits per heavy atom. The van der Waals surface area contributed by atoms with Gasteiger partial charge >= 0.3 is 0 Å². The Balaban J connectivity index is 1.34. The normalized spacial score (nSPS) is 13.9. The Morgan fingerprint density at radius 3 is 2.34 bits per heavy atom. The maximum Gasteiger partial charge on any atom is 0.267 e. The molecule has 1 saturated heterocycles. The van der Waals surface area contributed by atoms with Crippen LogP contribution in [0.1, 0.15) is 16.8 Å². The van der Waals surface area contributed by atoms with Crippen molar-refractivity contribution in [2.75, 3.05) is 37.6 Å². The number of aromatic hydroxyl groups is 1. The molecule has 166 valence electrons. The molecule has 2 amide bonds. The van der Waals surface area contributed by atoms with Crippen molar-refractivity contribution in [3.63, 3.8) is 0 Å². The second kappa shape index (κ2) is 9.13. The van der Waals surface area contributed by atoms with E-state index >= 15 is 0 Å². The second-order valence-electron chi connectivity index (χ2n) is 7.81. The third-order valence-corrected chi connectivity index (χ3v) is 5.88. The fourth-order valence-electron chi connectivity index (χ4n) is 4.07. The molecule has 0 spiro atoms. The minimum atomic E-state index is -0.685. The molecule has 2 heterocycles. The van der Waals surface area contributed by atoms with Gasteiger partial charge in [0, 0.05) is 57.3 Å². The Labute approximate surface area is 185 Å². The summed E-state index contributed by atoms with van der Waals surface area (Å²) < 4.78 is 1.33. The fourth-order valence-corrected chi connectivity index (χ4v) is 4.07. The van der Waals surface area contributed by atoms with Gasteiger partial charge in [-0.05, 0) is 24.3 Å². The van der Waals surface area contributed by atoms with Crippen LogP contribution < -0.4 is 15.8 Å². The molecule has 0 saturated carbocycles. The van der Waals surface area contributed by atoms with Crippen LogP contribution >= 0.6 is 0 Å². The number of amides is 2. The number of fused-ring (bicyclic) bond motifs is 1. The van der Waals surface area contributed by atoms with Crippen LogP contribution in [0.5, 0.6) is 5.75 Å². The highest BCUT2D eigenvalue weighted by atomic mass is 16.3. The van der Waals surface area contributed by atoms with E-state index in [9.17, 15) is 19.5 Å². The van der Waals surface area contributed by atoms with Gasteiger partial charge in [0.15, 0.2) is 0 Å². The molecule has 0 atom stereocenters. The van der Waals surface area contributed by atoms with Crippen LogP contribution in [0.3, 0.4) is 0 Å². The number of hydrogen-bond acceptors (Lipinski definition) is 5. The number of piperazine rings is 1. The molecule has 32 heavy (non-hydrogen) atoms. The van der Waals surface area contributed by atoms with Crippen molar-refractivity contribution in [2.24, 2.45) is 7.05 Å². The zero-order valence-electron chi connectivity index (χ0n) is 18.0. The molecule has 1 aliphatic rings. The fraction of sp³-hybridized carbons (Fsp3) is 0.292. The van der Waals surface area contributed by atoms with Crippen LogP contribution in [0.2, 0.25) is 0 Å². The van der Waals surface area contributed by atoms with E-state index in [2.05, 4.69) is 22.3 Å². The van der Waals surface area contributed by atoms with E-state index in [-0.39, 0.29) is 30.2 Å². The summed E-state index contributed by atoms with van der Waals surface area (Å²) in [5.41, 5.74) is 0.789. The van der Waals surface area contributed by atoms with Crippen molar-refractivity contribution >= 4 is 28.4 Å². The number of para-hydroxylation sites is 2. The van der Waals surface area contributed by atoms with Crippen molar-refractivity contribution in [1.82, 2.24) is 14.8 Å². The van der Waals surface area contributed by atoms with E-state index < -0.39 is 11.5 Å². The lowest BCUT2D eigenvalue weighted by atomic mass is 10.1. The lowest BCUT2D eigenvalue weighted by Gasteiger charge is -2.36. The SMILES string of the molecule is Cn1c(=O)c(C(=O)NCCC(=O)N2CCN(c3ccccc3)CC2)c(O)c2ccccc21. The molecule has 8 nitrogen and oxygen atoms in total. The molecule has 3 aromatic rings. The highest BCUT2D eigenvalue weighted by Gasteiger charge is 2.23. The van der Waals surface area contributed by atoms with Gasteiger partial charge in [0.05, 0.1) is 5.52 Å². The molecule has 0 radical (unpaired) electrons. The molecule has 1 aromatic heterocycles. The van der Waals surface area contributed by atoms with Crippen molar-refractivity contribution < 1.29 is 14.7 Å². The molecule has 2 aromatic carbocycles. The molecular weight excluding hydrogens is 408 g/mol. The summed E-state index contributed by atoms with van der Waals surface area (Å²) in [4.78, 5) is 41.8. The minimum absolute atomic E-state index is 0.0475. The maximum atomic E-state index is 12.6. The summed E-state index contributed by atoms with van der Waals surface area (Å²) in [6.07, 6.45) is 0.131. The lowest BCUT2D eigenvalue weighted by molar-refractivity contribution is -0.131. The Morgan fingerprint density at radius 2 is 1.62 bits per heavy atom. The number of hydrogen-bond donors (Lipinski definition) is 2. The van der Waals surface area contributed by atoms with E-state index in [0.29, 0.717) is 24.0 Å². The average molecular weight is 434 g/mol. The third kappa shape index (κ3) is 4.16. The monoisotopic (exact) mass is 434 g/mol. The van der Waals surface area contributed by atoms with Gasteiger partial charge in [0.25, 0.3) is 11.5 Å². The predicted molar refractivity (Wildman–Crippen MR) is 123 cm³/mol. The standard InChI is InChI=1S/C24H26N4O4/c1-26-19-10-6-5-9-18(19)22(30)21(24(26)32)23(31)25-12-11-20(29)28-15-13-27(14-16-28)17-7-3-2-4-8-17/h2-10,30H,11-16H2,1H3,(H,25,31). The predicted octanol–water partition coefficient (Wildman–Crippen LogP) is 1.71. The molecular formula is C24H26N4O4. The Kier molecular flexibility index (Phi) is 6.11. The summed E-state index contributed by atoms with van der Waals surface area (Å²) in [6.45, 7) is 2.83. The summed E-state index contributed by atoms with van der Waals surface area (Å²) in [5, 5.41) is 13.5. The number of aromatic nitrogens is 1. The van der Waals surface area contributed by atoms with Gasteiger partial charge in [0.2, 0.25) is 5.91 Å². The summed E-state index contributed by atoms with van der Waals surface area (Å²) in [5.74, 6) is -1.08. The molecule has 0 unspecified atom stereocenters. The van der Waals surface area contributed by atoms with Crippen molar-refractivity contribution in [3.05, 3.63) is 70.5 Å².